The van der Waals surface area contributed by atoms with Crippen molar-refractivity contribution in [2.75, 3.05) is 13.7 Å². The summed E-state index contributed by atoms with van der Waals surface area (Å²) < 4.78 is 5.46. The first kappa shape index (κ1) is 12.9. The molecule has 0 aromatic heterocycles. The summed E-state index contributed by atoms with van der Waals surface area (Å²) in [5.41, 5.74) is 5.93. The van der Waals surface area contributed by atoms with Gasteiger partial charge in [-0.2, -0.15) is 0 Å². The van der Waals surface area contributed by atoms with Gasteiger partial charge < -0.3 is 10.1 Å². The molecule has 2 nitrogen and oxygen atoms in total. The van der Waals surface area contributed by atoms with Gasteiger partial charge in [0, 0.05) is 12.0 Å². The highest BCUT2D eigenvalue weighted by Gasteiger charge is 2.33. The summed E-state index contributed by atoms with van der Waals surface area (Å²) in [5, 5.41) is 3.77. The van der Waals surface area contributed by atoms with Crippen molar-refractivity contribution in [1.82, 2.24) is 5.32 Å². The number of hydrogen-bond donors (Lipinski definition) is 1. The maximum Gasteiger partial charge on any atom is 0.119 e. The summed E-state index contributed by atoms with van der Waals surface area (Å²) in [6.45, 7) is 1.08. The van der Waals surface area contributed by atoms with Crippen molar-refractivity contribution < 1.29 is 4.74 Å². The van der Waals surface area contributed by atoms with Crippen LogP contribution in [0.25, 0.3) is 0 Å². The Balaban J connectivity index is 1.89. The molecule has 1 aliphatic carbocycles. The molecule has 0 radical (unpaired) electrons. The van der Waals surface area contributed by atoms with Gasteiger partial charge in [0.25, 0.3) is 0 Å². The molecule has 2 aromatic rings. The van der Waals surface area contributed by atoms with Crippen LogP contribution in [-0.4, -0.2) is 19.7 Å². The van der Waals surface area contributed by atoms with Gasteiger partial charge in [0.1, 0.15) is 5.75 Å². The molecule has 21 heavy (non-hydrogen) atoms. The number of rotatable bonds is 1. The summed E-state index contributed by atoms with van der Waals surface area (Å²) in [4.78, 5) is 0. The maximum absolute atomic E-state index is 5.46. The van der Waals surface area contributed by atoms with Crippen LogP contribution < -0.4 is 10.1 Å². The predicted molar refractivity (Wildman–Crippen MR) is 85.1 cm³/mol. The van der Waals surface area contributed by atoms with Gasteiger partial charge in [0.05, 0.1) is 7.11 Å². The summed E-state index contributed by atoms with van der Waals surface area (Å²) >= 11 is 0. The molecule has 1 aliphatic heterocycles. The zero-order valence-electron chi connectivity index (χ0n) is 12.4. The number of ether oxygens (including phenoxy) is 1. The van der Waals surface area contributed by atoms with Crippen LogP contribution in [0.5, 0.6) is 5.75 Å². The van der Waals surface area contributed by atoms with E-state index in [1.165, 1.54) is 28.7 Å². The van der Waals surface area contributed by atoms with E-state index in [2.05, 4.69) is 47.8 Å². The Morgan fingerprint density at radius 3 is 2.76 bits per heavy atom. The van der Waals surface area contributed by atoms with Crippen LogP contribution >= 0.6 is 0 Å². The Hall–Kier alpha value is -1.80. The first-order valence-corrected chi connectivity index (χ1v) is 7.85. The molecule has 0 spiro atoms. The van der Waals surface area contributed by atoms with E-state index in [4.69, 9.17) is 4.74 Å². The number of methoxy groups -OCH3 is 1. The van der Waals surface area contributed by atoms with E-state index in [0.29, 0.717) is 12.0 Å². The lowest BCUT2D eigenvalue weighted by molar-refractivity contribution is 0.407. The van der Waals surface area contributed by atoms with E-state index in [1.807, 2.05) is 0 Å². The standard InChI is InChI=1S/C19H21NO/c1-21-15-8-6-14-7-9-18-19(17(14)12-15)16-5-3-2-4-13(16)10-11-20-18/h2-6,8,12,18-20H,7,9-11H2,1H3/t18-,19-/m1/s1. The van der Waals surface area contributed by atoms with Gasteiger partial charge >= 0.3 is 0 Å². The number of aryl methyl sites for hydroxylation is 1. The number of nitrogens with one attached hydrogen (secondary N) is 1. The van der Waals surface area contributed by atoms with Crippen LogP contribution in [0, 0.1) is 0 Å². The number of fused-ring (bicyclic) bond motifs is 5. The van der Waals surface area contributed by atoms with Gasteiger partial charge in [0.2, 0.25) is 0 Å². The lowest BCUT2D eigenvalue weighted by Gasteiger charge is -2.34. The second kappa shape index (κ2) is 5.19. The zero-order valence-corrected chi connectivity index (χ0v) is 12.4. The Kier molecular flexibility index (Phi) is 3.19. The SMILES string of the molecule is COc1ccc2c(c1)[C@H]1c3ccccc3CCN[C@@H]1CC2. The fourth-order valence-electron chi connectivity index (χ4n) is 3.97. The van der Waals surface area contributed by atoms with Crippen LogP contribution in [0.4, 0.5) is 0 Å². The molecular formula is C19H21NO. The Bertz CT molecular complexity index is 664. The van der Waals surface area contributed by atoms with Crippen molar-refractivity contribution in [3.63, 3.8) is 0 Å². The Morgan fingerprint density at radius 1 is 1.00 bits per heavy atom. The highest BCUT2D eigenvalue weighted by atomic mass is 16.5. The molecule has 0 fully saturated rings. The first-order chi connectivity index (χ1) is 10.4. The number of benzene rings is 2. The van der Waals surface area contributed by atoms with Gasteiger partial charge in [-0.15, -0.1) is 0 Å². The maximum atomic E-state index is 5.46. The molecule has 4 rings (SSSR count). The highest BCUT2D eigenvalue weighted by Crippen LogP contribution is 2.40. The molecule has 2 heteroatoms. The van der Waals surface area contributed by atoms with Crippen LogP contribution in [0.15, 0.2) is 42.5 Å². The van der Waals surface area contributed by atoms with Crippen LogP contribution in [-0.2, 0) is 12.8 Å². The fourth-order valence-corrected chi connectivity index (χ4v) is 3.97. The summed E-state index contributed by atoms with van der Waals surface area (Å²) in [6, 6.07) is 16.1. The summed E-state index contributed by atoms with van der Waals surface area (Å²) in [6.07, 6.45) is 3.51. The largest absolute Gasteiger partial charge is 0.497 e. The number of hydrogen-bond acceptors (Lipinski definition) is 2. The fraction of sp³-hybridized carbons (Fsp3) is 0.368. The molecule has 2 aromatic carbocycles. The van der Waals surface area contributed by atoms with Crippen molar-refractivity contribution in [3.05, 3.63) is 64.7 Å². The molecule has 1 heterocycles. The van der Waals surface area contributed by atoms with E-state index in [9.17, 15) is 0 Å². The van der Waals surface area contributed by atoms with Crippen molar-refractivity contribution in [1.29, 1.82) is 0 Å². The van der Waals surface area contributed by atoms with Gasteiger partial charge in [-0.1, -0.05) is 30.3 Å². The molecule has 0 saturated heterocycles. The minimum Gasteiger partial charge on any atom is -0.497 e. The monoisotopic (exact) mass is 279 g/mol. The van der Waals surface area contributed by atoms with Crippen molar-refractivity contribution in [2.24, 2.45) is 0 Å². The average Bonchev–Trinajstić information content (AvgIpc) is 2.73. The molecule has 0 bridgehead atoms. The second-order valence-corrected chi connectivity index (χ2v) is 6.09. The third-order valence-corrected chi connectivity index (χ3v) is 5.01. The van der Waals surface area contributed by atoms with Crippen LogP contribution in [0.1, 0.15) is 34.6 Å². The lowest BCUT2D eigenvalue weighted by atomic mass is 9.75. The Labute approximate surface area is 126 Å². The minimum atomic E-state index is 0.461. The summed E-state index contributed by atoms with van der Waals surface area (Å²) in [7, 11) is 1.75. The smallest absolute Gasteiger partial charge is 0.119 e. The van der Waals surface area contributed by atoms with Gasteiger partial charge in [0.15, 0.2) is 0 Å². The lowest BCUT2D eigenvalue weighted by Crippen LogP contribution is -2.38. The highest BCUT2D eigenvalue weighted by molar-refractivity contribution is 5.48. The van der Waals surface area contributed by atoms with Crippen molar-refractivity contribution >= 4 is 0 Å². The third-order valence-electron chi connectivity index (χ3n) is 5.01. The summed E-state index contributed by atoms with van der Waals surface area (Å²) in [5.74, 6) is 1.43. The van der Waals surface area contributed by atoms with E-state index in [1.54, 1.807) is 7.11 Å². The van der Waals surface area contributed by atoms with Crippen molar-refractivity contribution in [3.8, 4) is 5.75 Å². The predicted octanol–water partition coefficient (Wildman–Crippen LogP) is 3.29. The molecular weight excluding hydrogens is 258 g/mol. The van der Waals surface area contributed by atoms with Crippen molar-refractivity contribution in [2.45, 2.75) is 31.2 Å². The van der Waals surface area contributed by atoms with E-state index < -0.39 is 0 Å². The molecule has 108 valence electrons. The molecule has 1 N–H and O–H groups in total. The molecule has 0 unspecified atom stereocenters. The quantitative estimate of drug-likeness (QED) is 0.865. The molecule has 0 amide bonds. The topological polar surface area (TPSA) is 21.3 Å². The normalized spacial score (nSPS) is 23.5. The van der Waals surface area contributed by atoms with Gasteiger partial charge in [-0.25, -0.2) is 0 Å². The van der Waals surface area contributed by atoms with Gasteiger partial charge in [-0.05, 0) is 60.2 Å². The first-order valence-electron chi connectivity index (χ1n) is 7.85. The van der Waals surface area contributed by atoms with Crippen LogP contribution in [0.2, 0.25) is 0 Å². The average molecular weight is 279 g/mol. The van der Waals surface area contributed by atoms with E-state index >= 15 is 0 Å². The minimum absolute atomic E-state index is 0.461. The molecule has 2 aliphatic rings. The second-order valence-electron chi connectivity index (χ2n) is 6.09. The van der Waals surface area contributed by atoms with E-state index in [-0.39, 0.29) is 0 Å². The van der Waals surface area contributed by atoms with Crippen LogP contribution in [0.3, 0.4) is 0 Å². The molecule has 2 atom stereocenters. The zero-order chi connectivity index (χ0) is 14.2. The van der Waals surface area contributed by atoms with Gasteiger partial charge in [-0.3, -0.25) is 0 Å². The third kappa shape index (κ3) is 2.14. The molecule has 0 saturated carbocycles. The van der Waals surface area contributed by atoms with E-state index in [0.717, 1.165) is 25.1 Å². The Morgan fingerprint density at radius 2 is 1.86 bits per heavy atom.